The zero-order valence-electron chi connectivity index (χ0n) is 11.8. The second kappa shape index (κ2) is 7.15. The van der Waals surface area contributed by atoms with Gasteiger partial charge in [0.15, 0.2) is 5.03 Å². The summed E-state index contributed by atoms with van der Waals surface area (Å²) in [5, 5.41) is 8.10. The highest BCUT2D eigenvalue weighted by Gasteiger charge is 2.31. The van der Waals surface area contributed by atoms with Crippen LogP contribution in [0.2, 0.25) is 5.15 Å². The summed E-state index contributed by atoms with van der Waals surface area (Å²) in [6, 6.07) is 9.62. The lowest BCUT2D eigenvalue weighted by Gasteiger charge is -2.20. The summed E-state index contributed by atoms with van der Waals surface area (Å²) in [7, 11) is -3.77. The Hall–Kier alpha value is -1.54. The molecule has 1 heterocycles. The molecule has 0 bridgehead atoms. The summed E-state index contributed by atoms with van der Waals surface area (Å²) in [6.45, 7) is 1.69. The van der Waals surface area contributed by atoms with Gasteiger partial charge in [-0.05, 0) is 18.9 Å². The van der Waals surface area contributed by atoms with Crippen LogP contribution in [0.1, 0.15) is 24.2 Å². The monoisotopic (exact) mass is 341 g/mol. The summed E-state index contributed by atoms with van der Waals surface area (Å²) in [5.74, 6) is 0. The molecule has 2 unspecified atom stereocenters. The molecular formula is C14H16ClN3O3S. The van der Waals surface area contributed by atoms with Crippen molar-refractivity contribution in [3.63, 3.8) is 0 Å². The van der Waals surface area contributed by atoms with Gasteiger partial charge in [-0.15, -0.1) is 0 Å². The van der Waals surface area contributed by atoms with Gasteiger partial charge in [-0.3, -0.25) is 0 Å². The lowest BCUT2D eigenvalue weighted by molar-refractivity contribution is 0.128. The van der Waals surface area contributed by atoms with Crippen molar-refractivity contribution in [2.45, 2.75) is 29.7 Å². The molecule has 1 aromatic heterocycles. The summed E-state index contributed by atoms with van der Waals surface area (Å²) in [6.07, 6.45) is 1.30. The summed E-state index contributed by atoms with van der Waals surface area (Å²) >= 11 is 5.77. The van der Waals surface area contributed by atoms with E-state index in [2.05, 4.69) is 15.4 Å². The molecular weight excluding hydrogens is 326 g/mol. The van der Waals surface area contributed by atoms with Gasteiger partial charge in [-0.1, -0.05) is 41.9 Å². The zero-order chi connectivity index (χ0) is 16.2. The van der Waals surface area contributed by atoms with Gasteiger partial charge in [0.05, 0.1) is 5.25 Å². The number of aromatic nitrogens is 2. The molecule has 22 heavy (non-hydrogen) atoms. The predicted octanol–water partition coefficient (Wildman–Crippen LogP) is 2.40. The summed E-state index contributed by atoms with van der Waals surface area (Å²) in [5.41, 5.74) is 2.70. The Balaban J connectivity index is 2.48. The quantitative estimate of drug-likeness (QED) is 0.619. The number of rotatable bonds is 6. The fraction of sp³-hybridized carbons (Fsp3) is 0.286. The number of hydrogen-bond donors (Lipinski definition) is 2. The van der Waals surface area contributed by atoms with Crippen molar-refractivity contribution in [2.75, 3.05) is 0 Å². The van der Waals surface area contributed by atoms with Crippen LogP contribution >= 0.6 is 11.6 Å². The molecule has 1 aromatic carbocycles. The average molecular weight is 342 g/mol. The van der Waals surface area contributed by atoms with Crippen molar-refractivity contribution in [3.8, 4) is 0 Å². The van der Waals surface area contributed by atoms with Crippen LogP contribution in [-0.2, 0) is 9.84 Å². The minimum atomic E-state index is -3.77. The van der Waals surface area contributed by atoms with Gasteiger partial charge in [-0.2, -0.15) is 0 Å². The Kier molecular flexibility index (Phi) is 5.47. The number of halogens is 1. The molecule has 0 saturated heterocycles. The first-order chi connectivity index (χ1) is 10.4. The predicted molar refractivity (Wildman–Crippen MR) is 82.4 cm³/mol. The highest BCUT2D eigenvalue weighted by atomic mass is 35.5. The lowest BCUT2D eigenvalue weighted by atomic mass is 10.1. The van der Waals surface area contributed by atoms with E-state index in [0.717, 1.165) is 6.33 Å². The van der Waals surface area contributed by atoms with Crippen LogP contribution in [0, 0.1) is 0 Å². The Morgan fingerprint density at radius 2 is 1.95 bits per heavy atom. The molecule has 0 spiro atoms. The first-order valence-corrected chi connectivity index (χ1v) is 8.53. The normalized spacial score (nSPS) is 14.5. The van der Waals surface area contributed by atoms with Crippen LogP contribution in [0.5, 0.6) is 0 Å². The third kappa shape index (κ3) is 3.80. The summed E-state index contributed by atoms with van der Waals surface area (Å²) < 4.78 is 25.8. The number of nitrogens with zero attached hydrogens (tertiary/aromatic N) is 2. The number of hydroxylamine groups is 1. The van der Waals surface area contributed by atoms with E-state index in [1.165, 1.54) is 6.07 Å². The van der Waals surface area contributed by atoms with Crippen molar-refractivity contribution in [3.05, 3.63) is 53.4 Å². The first kappa shape index (κ1) is 16.8. The van der Waals surface area contributed by atoms with E-state index in [-0.39, 0.29) is 16.6 Å². The van der Waals surface area contributed by atoms with Crippen molar-refractivity contribution in [1.29, 1.82) is 0 Å². The van der Waals surface area contributed by atoms with Gasteiger partial charge >= 0.3 is 0 Å². The molecule has 2 N–H and O–H groups in total. The standard InChI is InChI=1S/C14H16ClN3O3S/c1-10(18-19)7-12(11-5-3-2-4-6-11)22(20,21)14-8-13(15)16-9-17-14/h2-6,8-10,12,18-19H,7H2,1H3. The highest BCUT2D eigenvalue weighted by molar-refractivity contribution is 7.91. The van der Waals surface area contributed by atoms with Crippen LogP contribution in [-0.4, -0.2) is 29.6 Å². The van der Waals surface area contributed by atoms with E-state index < -0.39 is 21.1 Å². The number of sulfone groups is 1. The Labute approximate surface area is 134 Å². The molecule has 0 aliphatic heterocycles. The average Bonchev–Trinajstić information content (AvgIpc) is 2.53. The van der Waals surface area contributed by atoms with Gasteiger partial charge in [-0.25, -0.2) is 23.9 Å². The minimum Gasteiger partial charge on any atom is -0.317 e. The second-order valence-corrected chi connectivity index (χ2v) is 7.35. The van der Waals surface area contributed by atoms with Gasteiger partial charge in [0.2, 0.25) is 9.84 Å². The SMILES string of the molecule is CC(CC(c1ccccc1)S(=O)(=O)c1cc(Cl)ncn1)NO. The number of hydrogen-bond acceptors (Lipinski definition) is 6. The van der Waals surface area contributed by atoms with Crippen molar-refractivity contribution in [2.24, 2.45) is 0 Å². The van der Waals surface area contributed by atoms with E-state index >= 15 is 0 Å². The van der Waals surface area contributed by atoms with E-state index in [9.17, 15) is 8.42 Å². The van der Waals surface area contributed by atoms with E-state index in [4.69, 9.17) is 16.8 Å². The lowest BCUT2D eigenvalue weighted by Crippen LogP contribution is -2.27. The molecule has 118 valence electrons. The number of nitrogens with one attached hydrogen (secondary N) is 1. The molecule has 2 aromatic rings. The molecule has 0 radical (unpaired) electrons. The maximum absolute atomic E-state index is 12.9. The molecule has 0 aliphatic carbocycles. The minimum absolute atomic E-state index is 0.0636. The Morgan fingerprint density at radius 1 is 1.27 bits per heavy atom. The van der Waals surface area contributed by atoms with Gasteiger partial charge in [0.25, 0.3) is 0 Å². The molecule has 0 amide bonds. The maximum Gasteiger partial charge on any atom is 0.202 e. The van der Waals surface area contributed by atoms with Gasteiger partial charge in [0.1, 0.15) is 11.5 Å². The van der Waals surface area contributed by atoms with Gasteiger partial charge < -0.3 is 5.21 Å². The number of benzene rings is 1. The summed E-state index contributed by atoms with van der Waals surface area (Å²) in [4.78, 5) is 7.52. The molecule has 8 heteroatoms. The van der Waals surface area contributed by atoms with Crippen molar-refractivity contribution >= 4 is 21.4 Å². The van der Waals surface area contributed by atoms with Crippen molar-refractivity contribution < 1.29 is 13.6 Å². The van der Waals surface area contributed by atoms with Crippen LogP contribution < -0.4 is 5.48 Å². The highest BCUT2D eigenvalue weighted by Crippen LogP contribution is 2.32. The van der Waals surface area contributed by atoms with E-state index in [1.807, 2.05) is 6.07 Å². The van der Waals surface area contributed by atoms with Gasteiger partial charge in [0, 0.05) is 12.1 Å². The second-order valence-electron chi connectivity index (χ2n) is 4.89. The third-order valence-electron chi connectivity index (χ3n) is 3.23. The largest absolute Gasteiger partial charge is 0.317 e. The molecule has 2 atom stereocenters. The molecule has 6 nitrogen and oxygen atoms in total. The smallest absolute Gasteiger partial charge is 0.202 e. The Bertz CT molecular complexity index is 725. The van der Waals surface area contributed by atoms with Crippen LogP contribution in [0.4, 0.5) is 0 Å². The molecule has 0 saturated carbocycles. The van der Waals surface area contributed by atoms with Crippen LogP contribution in [0.3, 0.4) is 0 Å². The first-order valence-electron chi connectivity index (χ1n) is 6.61. The van der Waals surface area contributed by atoms with E-state index in [1.54, 1.807) is 31.2 Å². The van der Waals surface area contributed by atoms with E-state index in [0.29, 0.717) is 5.56 Å². The molecule has 2 rings (SSSR count). The van der Waals surface area contributed by atoms with Crippen LogP contribution in [0.25, 0.3) is 0 Å². The van der Waals surface area contributed by atoms with Crippen molar-refractivity contribution in [1.82, 2.24) is 15.4 Å². The molecule has 0 aliphatic rings. The fourth-order valence-electron chi connectivity index (χ4n) is 2.10. The third-order valence-corrected chi connectivity index (χ3v) is 5.46. The van der Waals surface area contributed by atoms with Crippen LogP contribution in [0.15, 0.2) is 47.8 Å². The molecule has 0 fully saturated rings. The zero-order valence-corrected chi connectivity index (χ0v) is 13.4. The maximum atomic E-state index is 12.9. The Morgan fingerprint density at radius 3 is 2.55 bits per heavy atom. The topological polar surface area (TPSA) is 92.2 Å². The fourth-order valence-corrected chi connectivity index (χ4v) is 4.13.